The molecule has 0 saturated carbocycles. The van der Waals surface area contributed by atoms with Crippen molar-refractivity contribution in [1.29, 1.82) is 0 Å². The Balaban J connectivity index is 2.02. The van der Waals surface area contributed by atoms with E-state index >= 15 is 0 Å². The summed E-state index contributed by atoms with van der Waals surface area (Å²) < 4.78 is 8.00. The standard InChI is InChI=1S/C23H21N2O3/c1-3-14-28-18-12-13-19-20-6-4-5-7-22(20)24(2)23(21(19)15-18)16-8-10-17(11-9-16)25(26)27/h4-13,15H,3,14H2,1-2H3/q+1. The van der Waals surface area contributed by atoms with Crippen LogP contribution in [0.4, 0.5) is 5.69 Å². The number of nitrogens with zero attached hydrogens (tertiary/aromatic N) is 2. The maximum Gasteiger partial charge on any atom is 0.269 e. The summed E-state index contributed by atoms with van der Waals surface area (Å²) in [5, 5.41) is 14.4. The molecule has 0 spiro atoms. The summed E-state index contributed by atoms with van der Waals surface area (Å²) in [7, 11) is 2.03. The molecule has 0 aliphatic heterocycles. The molecule has 140 valence electrons. The Morgan fingerprint density at radius 3 is 2.43 bits per heavy atom. The number of ether oxygens (including phenoxy) is 1. The lowest BCUT2D eigenvalue weighted by Gasteiger charge is -2.11. The number of non-ortho nitro benzene ring substituents is 1. The molecule has 0 radical (unpaired) electrons. The molecule has 0 saturated heterocycles. The molecule has 5 heteroatoms. The van der Waals surface area contributed by atoms with Crippen LogP contribution < -0.4 is 9.30 Å². The van der Waals surface area contributed by atoms with Gasteiger partial charge in [-0.25, -0.2) is 0 Å². The summed E-state index contributed by atoms with van der Waals surface area (Å²) in [5.74, 6) is 0.827. The zero-order valence-corrected chi connectivity index (χ0v) is 15.9. The first kappa shape index (κ1) is 17.9. The Labute approximate surface area is 163 Å². The third kappa shape index (κ3) is 3.05. The SMILES string of the molecule is CCCOc1ccc2c(c1)c(-c1ccc([N+](=O)[O-])cc1)[n+](C)c1ccccc21. The molecule has 0 aliphatic carbocycles. The summed E-state index contributed by atoms with van der Waals surface area (Å²) in [5.41, 5.74) is 3.12. The van der Waals surface area contributed by atoms with E-state index in [0.717, 1.165) is 45.1 Å². The van der Waals surface area contributed by atoms with Gasteiger partial charge in [-0.2, -0.15) is 4.57 Å². The van der Waals surface area contributed by atoms with Crippen LogP contribution in [0.25, 0.3) is 32.9 Å². The van der Waals surface area contributed by atoms with Crippen molar-refractivity contribution < 1.29 is 14.2 Å². The van der Waals surface area contributed by atoms with Gasteiger partial charge in [-0.1, -0.05) is 19.1 Å². The van der Waals surface area contributed by atoms with Crippen molar-refractivity contribution in [1.82, 2.24) is 0 Å². The van der Waals surface area contributed by atoms with E-state index in [2.05, 4.69) is 35.8 Å². The number of para-hydroxylation sites is 1. The minimum atomic E-state index is -0.376. The lowest BCUT2D eigenvalue weighted by Crippen LogP contribution is -2.32. The van der Waals surface area contributed by atoms with E-state index in [1.807, 2.05) is 25.2 Å². The molecule has 0 amide bonds. The van der Waals surface area contributed by atoms with Gasteiger partial charge in [-0.3, -0.25) is 10.1 Å². The van der Waals surface area contributed by atoms with E-state index in [4.69, 9.17) is 4.74 Å². The van der Waals surface area contributed by atoms with Crippen LogP contribution in [0.5, 0.6) is 5.75 Å². The second-order valence-corrected chi connectivity index (χ2v) is 6.78. The van der Waals surface area contributed by atoms with Gasteiger partial charge in [0.2, 0.25) is 11.2 Å². The van der Waals surface area contributed by atoms with Gasteiger partial charge in [0.25, 0.3) is 5.69 Å². The third-order valence-corrected chi connectivity index (χ3v) is 4.96. The minimum Gasteiger partial charge on any atom is -0.494 e. The quantitative estimate of drug-likeness (QED) is 0.210. The highest BCUT2D eigenvalue weighted by Gasteiger charge is 2.21. The number of pyridine rings is 1. The average Bonchev–Trinajstić information content (AvgIpc) is 2.72. The van der Waals surface area contributed by atoms with Gasteiger partial charge in [0.05, 0.1) is 22.3 Å². The van der Waals surface area contributed by atoms with Crippen molar-refractivity contribution in [2.75, 3.05) is 6.61 Å². The van der Waals surface area contributed by atoms with E-state index in [1.165, 1.54) is 0 Å². The van der Waals surface area contributed by atoms with Gasteiger partial charge >= 0.3 is 0 Å². The first-order valence-electron chi connectivity index (χ1n) is 9.32. The predicted octanol–water partition coefficient (Wildman–Crippen LogP) is 5.18. The Kier molecular flexibility index (Phi) is 4.65. The first-order chi connectivity index (χ1) is 13.6. The van der Waals surface area contributed by atoms with Crippen molar-refractivity contribution >= 4 is 27.4 Å². The fourth-order valence-electron chi connectivity index (χ4n) is 3.65. The molecule has 0 fully saturated rings. The molecule has 28 heavy (non-hydrogen) atoms. The highest BCUT2D eigenvalue weighted by atomic mass is 16.6. The number of nitro benzene ring substituents is 1. The topological polar surface area (TPSA) is 56.3 Å². The molecule has 5 nitrogen and oxygen atoms in total. The first-order valence-corrected chi connectivity index (χ1v) is 9.32. The largest absolute Gasteiger partial charge is 0.494 e. The van der Waals surface area contributed by atoms with Crippen molar-refractivity contribution in [3.05, 3.63) is 76.8 Å². The number of aryl methyl sites for hydroxylation is 1. The number of hydrogen-bond acceptors (Lipinski definition) is 3. The lowest BCUT2D eigenvalue weighted by atomic mass is 9.99. The highest BCUT2D eigenvalue weighted by Crippen LogP contribution is 2.34. The number of nitro groups is 1. The molecule has 4 aromatic rings. The number of benzene rings is 3. The Morgan fingerprint density at radius 2 is 1.71 bits per heavy atom. The molecule has 0 atom stereocenters. The number of fused-ring (bicyclic) bond motifs is 3. The van der Waals surface area contributed by atoms with Gasteiger partial charge in [0.15, 0.2) is 0 Å². The van der Waals surface area contributed by atoms with Crippen LogP contribution in [0, 0.1) is 10.1 Å². The molecular formula is C23H21N2O3+. The molecule has 0 bridgehead atoms. The third-order valence-electron chi connectivity index (χ3n) is 4.96. The monoisotopic (exact) mass is 373 g/mol. The second kappa shape index (κ2) is 7.27. The van der Waals surface area contributed by atoms with Crippen molar-refractivity contribution in [3.8, 4) is 17.0 Å². The van der Waals surface area contributed by atoms with E-state index in [-0.39, 0.29) is 10.6 Å². The molecule has 0 unspecified atom stereocenters. The fraction of sp³-hybridized carbons (Fsp3) is 0.174. The Bertz CT molecular complexity index is 1180. The van der Waals surface area contributed by atoms with Crippen LogP contribution in [0.2, 0.25) is 0 Å². The van der Waals surface area contributed by atoms with E-state index in [1.54, 1.807) is 24.3 Å². The van der Waals surface area contributed by atoms with Gasteiger partial charge < -0.3 is 4.74 Å². The molecule has 3 aromatic carbocycles. The van der Waals surface area contributed by atoms with Crippen molar-refractivity contribution in [2.45, 2.75) is 13.3 Å². The van der Waals surface area contributed by atoms with Crippen molar-refractivity contribution in [3.63, 3.8) is 0 Å². The molecule has 1 aromatic heterocycles. The summed E-state index contributed by atoms with van der Waals surface area (Å²) in [4.78, 5) is 10.7. The number of aromatic nitrogens is 1. The van der Waals surface area contributed by atoms with Crippen LogP contribution in [-0.4, -0.2) is 11.5 Å². The number of rotatable bonds is 5. The summed E-state index contributed by atoms with van der Waals surface area (Å²) >= 11 is 0. The maximum atomic E-state index is 11.0. The molecular weight excluding hydrogens is 352 g/mol. The van der Waals surface area contributed by atoms with Crippen LogP contribution in [0.3, 0.4) is 0 Å². The smallest absolute Gasteiger partial charge is 0.269 e. The fourth-order valence-corrected chi connectivity index (χ4v) is 3.65. The minimum absolute atomic E-state index is 0.0865. The lowest BCUT2D eigenvalue weighted by molar-refractivity contribution is -0.632. The van der Waals surface area contributed by atoms with Crippen LogP contribution in [0.15, 0.2) is 66.7 Å². The normalized spacial score (nSPS) is 11.1. The van der Waals surface area contributed by atoms with Crippen LogP contribution in [0.1, 0.15) is 13.3 Å². The van der Waals surface area contributed by atoms with Crippen molar-refractivity contribution in [2.24, 2.45) is 7.05 Å². The zero-order valence-electron chi connectivity index (χ0n) is 15.9. The molecule has 4 rings (SSSR count). The Hall–Kier alpha value is -3.47. The van der Waals surface area contributed by atoms with E-state index < -0.39 is 0 Å². The molecule has 0 N–H and O–H groups in total. The second-order valence-electron chi connectivity index (χ2n) is 6.78. The zero-order chi connectivity index (χ0) is 19.7. The van der Waals surface area contributed by atoms with Gasteiger partial charge in [0.1, 0.15) is 12.8 Å². The van der Waals surface area contributed by atoms with Gasteiger partial charge in [0, 0.05) is 29.1 Å². The van der Waals surface area contributed by atoms with Crippen LogP contribution >= 0.6 is 0 Å². The number of hydrogen-bond donors (Lipinski definition) is 0. The Morgan fingerprint density at radius 1 is 0.964 bits per heavy atom. The van der Waals surface area contributed by atoms with Crippen LogP contribution in [-0.2, 0) is 7.05 Å². The highest BCUT2D eigenvalue weighted by molar-refractivity contribution is 6.09. The average molecular weight is 373 g/mol. The molecule has 0 aliphatic rings. The van der Waals surface area contributed by atoms with Gasteiger partial charge in [-0.15, -0.1) is 0 Å². The summed E-state index contributed by atoms with van der Waals surface area (Å²) in [6, 6.07) is 21.1. The van der Waals surface area contributed by atoms with E-state index in [9.17, 15) is 10.1 Å². The van der Waals surface area contributed by atoms with Gasteiger partial charge in [-0.05, 0) is 42.8 Å². The maximum absolute atomic E-state index is 11.0. The van der Waals surface area contributed by atoms with E-state index in [0.29, 0.717) is 6.61 Å². The summed E-state index contributed by atoms with van der Waals surface area (Å²) in [6.45, 7) is 2.74. The predicted molar refractivity (Wildman–Crippen MR) is 111 cm³/mol. The summed E-state index contributed by atoms with van der Waals surface area (Å²) in [6.07, 6.45) is 0.943. The molecule has 1 heterocycles.